The largest absolute Gasteiger partial charge is 0.484 e. The summed E-state index contributed by atoms with van der Waals surface area (Å²) in [5.41, 5.74) is 1.12. The number of hydrogen-bond acceptors (Lipinski definition) is 5. The van der Waals surface area contributed by atoms with Gasteiger partial charge in [0.25, 0.3) is 5.91 Å². The lowest BCUT2D eigenvalue weighted by Gasteiger charge is -2.28. The fraction of sp³-hybridized carbons (Fsp3) is 0.389. The highest BCUT2D eigenvalue weighted by atomic mass is 32.2. The minimum Gasteiger partial charge on any atom is -0.484 e. The Labute approximate surface area is 152 Å². The lowest BCUT2D eigenvalue weighted by molar-refractivity contribution is -0.135. The van der Waals surface area contributed by atoms with Crippen LogP contribution in [0.4, 0.5) is 0 Å². The zero-order valence-corrected chi connectivity index (χ0v) is 15.7. The Bertz CT molecular complexity index is 830. The molecular weight excluding hydrogens is 358 g/mol. The van der Waals surface area contributed by atoms with Gasteiger partial charge in [-0.2, -0.15) is 0 Å². The number of carbonyl (C=O) groups is 1. The second kappa shape index (κ2) is 7.58. The van der Waals surface area contributed by atoms with Gasteiger partial charge in [-0.3, -0.25) is 4.79 Å². The van der Waals surface area contributed by atoms with Crippen molar-refractivity contribution in [2.45, 2.75) is 25.9 Å². The number of amides is 1. The predicted octanol–water partition coefficient (Wildman–Crippen LogP) is 2.65. The lowest BCUT2D eigenvalue weighted by Crippen LogP contribution is -2.43. The van der Waals surface area contributed by atoms with E-state index in [0.29, 0.717) is 18.7 Å². The molecule has 1 amide bonds. The maximum Gasteiger partial charge on any atom is 0.261 e. The van der Waals surface area contributed by atoms with Crippen LogP contribution in [0.5, 0.6) is 5.75 Å². The number of para-hydroxylation sites is 1. The van der Waals surface area contributed by atoms with Crippen LogP contribution in [0.25, 0.3) is 0 Å². The molecule has 0 N–H and O–H groups in total. The molecule has 1 saturated heterocycles. The average molecular weight is 380 g/mol. The maximum absolute atomic E-state index is 12.8. The summed E-state index contributed by atoms with van der Waals surface area (Å²) in [4.78, 5) is 15.5. The van der Waals surface area contributed by atoms with Crippen LogP contribution >= 0.6 is 11.3 Å². The number of thiophene rings is 1. The maximum atomic E-state index is 12.8. The van der Waals surface area contributed by atoms with Gasteiger partial charge in [-0.05, 0) is 42.5 Å². The summed E-state index contributed by atoms with van der Waals surface area (Å²) in [5, 5.41) is 1.99. The summed E-state index contributed by atoms with van der Waals surface area (Å²) < 4.78 is 29.3. The number of nitrogens with zero attached hydrogens (tertiary/aromatic N) is 1. The smallest absolute Gasteiger partial charge is 0.261 e. The minimum absolute atomic E-state index is 0.0362. The number of aryl methyl sites for hydroxylation is 1. The van der Waals surface area contributed by atoms with Crippen LogP contribution in [-0.4, -0.2) is 43.4 Å². The van der Waals surface area contributed by atoms with Gasteiger partial charge in [0.15, 0.2) is 16.4 Å². The Kier molecular flexibility index (Phi) is 5.44. The Morgan fingerprint density at radius 3 is 2.64 bits per heavy atom. The van der Waals surface area contributed by atoms with Crippen LogP contribution in [0.3, 0.4) is 0 Å². The van der Waals surface area contributed by atoms with E-state index in [-0.39, 0.29) is 30.1 Å². The molecule has 1 aromatic carbocycles. The van der Waals surface area contributed by atoms with Crippen molar-refractivity contribution in [1.82, 2.24) is 4.90 Å². The Balaban J connectivity index is 1.73. The molecule has 5 nitrogen and oxygen atoms in total. The number of carbonyl (C=O) groups excluding carboxylic acids is 1. The van der Waals surface area contributed by atoms with Gasteiger partial charge in [-0.1, -0.05) is 18.2 Å². The van der Waals surface area contributed by atoms with Crippen molar-refractivity contribution in [2.75, 3.05) is 18.1 Å². The molecular formula is C18H21NO4S2. The predicted molar refractivity (Wildman–Crippen MR) is 98.6 cm³/mol. The van der Waals surface area contributed by atoms with E-state index in [1.54, 1.807) is 28.4 Å². The van der Waals surface area contributed by atoms with E-state index < -0.39 is 9.84 Å². The molecule has 1 aliphatic heterocycles. The summed E-state index contributed by atoms with van der Waals surface area (Å²) in [6, 6.07) is 10.9. The summed E-state index contributed by atoms with van der Waals surface area (Å²) in [6.07, 6.45) is 0.490. The number of rotatable bonds is 6. The first-order valence-electron chi connectivity index (χ1n) is 8.15. The van der Waals surface area contributed by atoms with Crippen LogP contribution in [0, 0.1) is 6.92 Å². The molecule has 3 rings (SSSR count). The van der Waals surface area contributed by atoms with Crippen LogP contribution in [0.2, 0.25) is 0 Å². The van der Waals surface area contributed by atoms with E-state index in [1.807, 2.05) is 36.6 Å². The highest BCUT2D eigenvalue weighted by molar-refractivity contribution is 7.91. The fourth-order valence-electron chi connectivity index (χ4n) is 2.91. The number of hydrogen-bond donors (Lipinski definition) is 0. The van der Waals surface area contributed by atoms with E-state index >= 15 is 0 Å². The Morgan fingerprint density at radius 2 is 2.04 bits per heavy atom. The number of sulfone groups is 1. The van der Waals surface area contributed by atoms with Crippen molar-refractivity contribution >= 4 is 27.1 Å². The highest BCUT2D eigenvalue weighted by Crippen LogP contribution is 2.24. The van der Waals surface area contributed by atoms with Crippen LogP contribution in [0.1, 0.15) is 16.9 Å². The van der Waals surface area contributed by atoms with E-state index in [9.17, 15) is 13.2 Å². The molecule has 0 saturated carbocycles. The summed E-state index contributed by atoms with van der Waals surface area (Å²) >= 11 is 1.58. The molecule has 1 atom stereocenters. The third kappa shape index (κ3) is 4.61. The first kappa shape index (κ1) is 17.9. The van der Waals surface area contributed by atoms with Crippen molar-refractivity contribution in [3.05, 3.63) is 52.2 Å². The van der Waals surface area contributed by atoms with Crippen molar-refractivity contribution in [3.63, 3.8) is 0 Å². The van der Waals surface area contributed by atoms with E-state index in [2.05, 4.69) is 0 Å². The molecule has 1 fully saturated rings. The van der Waals surface area contributed by atoms with Gasteiger partial charge in [-0.15, -0.1) is 11.3 Å². The van der Waals surface area contributed by atoms with Crippen molar-refractivity contribution < 1.29 is 17.9 Å². The average Bonchev–Trinajstić information content (AvgIpc) is 3.16. The normalized spacial score (nSPS) is 18.8. The third-order valence-corrected chi connectivity index (χ3v) is 7.12. The van der Waals surface area contributed by atoms with Gasteiger partial charge >= 0.3 is 0 Å². The summed E-state index contributed by atoms with van der Waals surface area (Å²) in [7, 11) is -3.06. The molecule has 25 heavy (non-hydrogen) atoms. The molecule has 134 valence electrons. The molecule has 0 radical (unpaired) electrons. The fourth-order valence-corrected chi connectivity index (χ4v) is 5.54. The third-order valence-electron chi connectivity index (χ3n) is 4.36. The van der Waals surface area contributed by atoms with Gasteiger partial charge in [0.05, 0.1) is 18.1 Å². The van der Waals surface area contributed by atoms with E-state index in [0.717, 1.165) is 10.4 Å². The standard InChI is InChI=1S/C18H21NO4S2/c1-14-7-9-24-17(14)11-19(15-8-10-25(21,22)13-15)18(20)12-23-16-5-3-2-4-6-16/h2-7,9,15H,8,10-13H2,1H3. The molecule has 1 aromatic heterocycles. The number of ether oxygens (including phenoxy) is 1. The van der Waals surface area contributed by atoms with Gasteiger partial charge in [0, 0.05) is 10.9 Å². The van der Waals surface area contributed by atoms with Crippen LogP contribution < -0.4 is 4.74 Å². The Morgan fingerprint density at radius 1 is 1.28 bits per heavy atom. The molecule has 7 heteroatoms. The highest BCUT2D eigenvalue weighted by Gasteiger charge is 2.35. The SMILES string of the molecule is Cc1ccsc1CN(C(=O)COc1ccccc1)C1CCS(=O)(=O)C1. The van der Waals surface area contributed by atoms with E-state index in [1.165, 1.54) is 0 Å². The Hall–Kier alpha value is -1.86. The van der Waals surface area contributed by atoms with Crippen LogP contribution in [-0.2, 0) is 21.2 Å². The molecule has 1 aliphatic rings. The first-order chi connectivity index (χ1) is 11.9. The topological polar surface area (TPSA) is 63.7 Å². The minimum atomic E-state index is -3.06. The van der Waals surface area contributed by atoms with Gasteiger partial charge < -0.3 is 9.64 Å². The molecule has 0 aliphatic carbocycles. The zero-order valence-electron chi connectivity index (χ0n) is 14.1. The van der Waals surface area contributed by atoms with Gasteiger partial charge in [0.1, 0.15) is 5.75 Å². The first-order valence-corrected chi connectivity index (χ1v) is 10.9. The van der Waals surface area contributed by atoms with Gasteiger partial charge in [-0.25, -0.2) is 8.42 Å². The van der Waals surface area contributed by atoms with E-state index in [4.69, 9.17) is 4.74 Å². The molecule has 2 heterocycles. The van der Waals surface area contributed by atoms with Crippen molar-refractivity contribution in [1.29, 1.82) is 0 Å². The molecule has 0 bridgehead atoms. The quantitative estimate of drug-likeness (QED) is 0.774. The van der Waals surface area contributed by atoms with Crippen LogP contribution in [0.15, 0.2) is 41.8 Å². The van der Waals surface area contributed by atoms with Crippen molar-refractivity contribution in [3.8, 4) is 5.75 Å². The van der Waals surface area contributed by atoms with Gasteiger partial charge in [0.2, 0.25) is 0 Å². The lowest BCUT2D eigenvalue weighted by atomic mass is 10.2. The monoisotopic (exact) mass is 379 g/mol. The zero-order chi connectivity index (χ0) is 17.9. The summed E-state index contributed by atoms with van der Waals surface area (Å²) in [5.74, 6) is 0.625. The second-order valence-corrected chi connectivity index (χ2v) is 9.44. The number of benzene rings is 1. The van der Waals surface area contributed by atoms with Crippen molar-refractivity contribution in [2.24, 2.45) is 0 Å². The molecule has 2 aromatic rings. The molecule has 1 unspecified atom stereocenters. The second-order valence-electron chi connectivity index (χ2n) is 6.21. The molecule has 0 spiro atoms. The summed E-state index contributed by atoms with van der Waals surface area (Å²) in [6.45, 7) is 2.34.